The Morgan fingerprint density at radius 3 is 2.89 bits per heavy atom. The Bertz CT molecular complexity index is 379. The molecule has 0 fully saturated rings. The van der Waals surface area contributed by atoms with Crippen molar-refractivity contribution in [2.24, 2.45) is 5.92 Å². The van der Waals surface area contributed by atoms with E-state index in [0.29, 0.717) is 12.0 Å². The molecule has 0 amide bonds. The van der Waals surface area contributed by atoms with Gasteiger partial charge >= 0.3 is 0 Å². The van der Waals surface area contributed by atoms with Crippen LogP contribution in [0.1, 0.15) is 31.0 Å². The quantitative estimate of drug-likeness (QED) is 0.870. The summed E-state index contributed by atoms with van der Waals surface area (Å²) in [5.41, 5.74) is 2.66. The van der Waals surface area contributed by atoms with E-state index in [1.165, 1.54) is 11.1 Å². The molecular formula is C15H23NO2. The second-order valence-electron chi connectivity index (χ2n) is 5.24. The Hall–Kier alpha value is -0.900. The highest BCUT2D eigenvalue weighted by Gasteiger charge is 2.24. The first-order valence-corrected chi connectivity index (χ1v) is 6.63. The van der Waals surface area contributed by atoms with Crippen LogP contribution in [-0.4, -0.2) is 26.4 Å². The third-order valence-corrected chi connectivity index (χ3v) is 3.54. The molecule has 1 aromatic carbocycles. The van der Waals surface area contributed by atoms with Crippen LogP contribution in [-0.2, 0) is 16.1 Å². The molecule has 0 spiro atoms. The summed E-state index contributed by atoms with van der Waals surface area (Å²) in [5, 5.41) is 3.66. The molecule has 0 radical (unpaired) electrons. The first kappa shape index (κ1) is 13.5. The van der Waals surface area contributed by atoms with Crippen LogP contribution in [0.5, 0.6) is 0 Å². The van der Waals surface area contributed by atoms with Gasteiger partial charge in [-0.3, -0.25) is 0 Å². The van der Waals surface area contributed by atoms with Gasteiger partial charge in [0, 0.05) is 13.2 Å². The Labute approximate surface area is 109 Å². The van der Waals surface area contributed by atoms with Gasteiger partial charge in [-0.15, -0.1) is 0 Å². The van der Waals surface area contributed by atoms with Gasteiger partial charge in [0.2, 0.25) is 0 Å². The lowest BCUT2D eigenvalue weighted by molar-refractivity contribution is 0.0659. The number of hydrogen-bond acceptors (Lipinski definition) is 3. The van der Waals surface area contributed by atoms with E-state index < -0.39 is 0 Å². The molecule has 1 aliphatic heterocycles. The van der Waals surface area contributed by atoms with Crippen molar-refractivity contribution in [3.05, 3.63) is 35.4 Å². The van der Waals surface area contributed by atoms with E-state index in [0.717, 1.165) is 19.8 Å². The van der Waals surface area contributed by atoms with Gasteiger partial charge in [-0.25, -0.2) is 0 Å². The monoisotopic (exact) mass is 249 g/mol. The predicted octanol–water partition coefficient (Wildman–Crippen LogP) is 2.52. The minimum Gasteiger partial charge on any atom is -0.383 e. The van der Waals surface area contributed by atoms with E-state index in [-0.39, 0.29) is 6.04 Å². The molecule has 1 N–H and O–H groups in total. The minimum absolute atomic E-state index is 0.275. The lowest BCUT2D eigenvalue weighted by Gasteiger charge is -2.32. The maximum atomic E-state index is 5.66. The Balaban J connectivity index is 2.10. The lowest BCUT2D eigenvalue weighted by atomic mass is 9.96. The fourth-order valence-electron chi connectivity index (χ4n) is 2.39. The molecule has 100 valence electrons. The van der Waals surface area contributed by atoms with Gasteiger partial charge in [0.25, 0.3) is 0 Å². The molecule has 0 saturated heterocycles. The van der Waals surface area contributed by atoms with E-state index in [1.54, 1.807) is 7.11 Å². The van der Waals surface area contributed by atoms with Crippen LogP contribution in [0.2, 0.25) is 0 Å². The van der Waals surface area contributed by atoms with Gasteiger partial charge in [-0.1, -0.05) is 38.1 Å². The van der Waals surface area contributed by atoms with Crippen LogP contribution >= 0.6 is 0 Å². The molecule has 1 aromatic rings. The molecule has 0 aromatic heterocycles. The van der Waals surface area contributed by atoms with Crippen LogP contribution in [0.3, 0.4) is 0 Å². The average molecular weight is 249 g/mol. The summed E-state index contributed by atoms with van der Waals surface area (Å²) < 4.78 is 11.0. The fraction of sp³-hybridized carbons (Fsp3) is 0.600. The van der Waals surface area contributed by atoms with E-state index >= 15 is 0 Å². The van der Waals surface area contributed by atoms with E-state index in [1.807, 2.05) is 0 Å². The number of benzene rings is 1. The fourth-order valence-corrected chi connectivity index (χ4v) is 2.39. The standard InChI is InChI=1S/C15H23NO2/c1-11(2)14(9-17-3)16-15-10-18-8-12-6-4-5-7-13(12)15/h4-7,11,14-16H,8-10H2,1-3H3. The second-order valence-corrected chi connectivity index (χ2v) is 5.24. The summed E-state index contributed by atoms with van der Waals surface area (Å²) in [6.45, 7) is 6.63. The summed E-state index contributed by atoms with van der Waals surface area (Å²) in [6, 6.07) is 9.13. The maximum Gasteiger partial charge on any atom is 0.0721 e. The highest BCUT2D eigenvalue weighted by Crippen LogP contribution is 2.25. The number of rotatable bonds is 5. The largest absolute Gasteiger partial charge is 0.383 e. The normalized spacial score (nSPS) is 20.8. The smallest absolute Gasteiger partial charge is 0.0721 e. The molecule has 2 atom stereocenters. The van der Waals surface area contributed by atoms with E-state index in [4.69, 9.17) is 9.47 Å². The van der Waals surface area contributed by atoms with Crippen molar-refractivity contribution in [1.29, 1.82) is 0 Å². The third kappa shape index (κ3) is 3.10. The average Bonchev–Trinajstić information content (AvgIpc) is 2.38. The molecule has 18 heavy (non-hydrogen) atoms. The van der Waals surface area contributed by atoms with Crippen molar-refractivity contribution >= 4 is 0 Å². The number of methoxy groups -OCH3 is 1. The predicted molar refractivity (Wildman–Crippen MR) is 72.5 cm³/mol. The van der Waals surface area contributed by atoms with Gasteiger partial charge in [-0.2, -0.15) is 0 Å². The van der Waals surface area contributed by atoms with Crippen LogP contribution < -0.4 is 5.32 Å². The van der Waals surface area contributed by atoms with Gasteiger partial charge < -0.3 is 14.8 Å². The summed E-state index contributed by atoms with van der Waals surface area (Å²) in [4.78, 5) is 0. The Morgan fingerprint density at radius 1 is 1.39 bits per heavy atom. The summed E-state index contributed by atoms with van der Waals surface area (Å²) in [6.07, 6.45) is 0. The Morgan fingerprint density at radius 2 is 2.17 bits per heavy atom. The van der Waals surface area contributed by atoms with Crippen LogP contribution in [0.15, 0.2) is 24.3 Å². The molecular weight excluding hydrogens is 226 g/mol. The molecule has 2 unspecified atom stereocenters. The lowest BCUT2D eigenvalue weighted by Crippen LogP contribution is -2.42. The van der Waals surface area contributed by atoms with Gasteiger partial charge in [0.1, 0.15) is 0 Å². The molecule has 2 rings (SSSR count). The van der Waals surface area contributed by atoms with Gasteiger partial charge in [0.15, 0.2) is 0 Å². The van der Waals surface area contributed by atoms with Gasteiger partial charge in [0.05, 0.1) is 25.9 Å². The molecule has 3 heteroatoms. The topological polar surface area (TPSA) is 30.5 Å². The maximum absolute atomic E-state index is 5.66. The van der Waals surface area contributed by atoms with E-state index in [2.05, 4.69) is 43.4 Å². The number of nitrogens with one attached hydrogen (secondary N) is 1. The third-order valence-electron chi connectivity index (χ3n) is 3.54. The molecule has 1 heterocycles. The minimum atomic E-state index is 0.275. The number of fused-ring (bicyclic) bond motifs is 1. The molecule has 0 aliphatic carbocycles. The molecule has 0 bridgehead atoms. The molecule has 3 nitrogen and oxygen atoms in total. The van der Waals surface area contributed by atoms with Crippen LogP contribution in [0, 0.1) is 5.92 Å². The highest BCUT2D eigenvalue weighted by molar-refractivity contribution is 5.31. The van der Waals surface area contributed by atoms with Gasteiger partial charge in [-0.05, 0) is 17.0 Å². The Kier molecular flexibility index (Phi) is 4.75. The highest BCUT2D eigenvalue weighted by atomic mass is 16.5. The summed E-state index contributed by atoms with van der Waals surface area (Å²) >= 11 is 0. The summed E-state index contributed by atoms with van der Waals surface area (Å²) in [7, 11) is 1.75. The SMILES string of the molecule is COCC(NC1COCc2ccccc21)C(C)C. The van der Waals surface area contributed by atoms with Crippen LogP contribution in [0.4, 0.5) is 0 Å². The molecule has 0 saturated carbocycles. The number of ether oxygens (including phenoxy) is 2. The zero-order chi connectivity index (χ0) is 13.0. The first-order chi connectivity index (χ1) is 8.72. The van der Waals surface area contributed by atoms with Crippen molar-refractivity contribution in [1.82, 2.24) is 5.32 Å². The zero-order valence-electron chi connectivity index (χ0n) is 11.5. The van der Waals surface area contributed by atoms with Crippen LogP contribution in [0.25, 0.3) is 0 Å². The molecule has 1 aliphatic rings. The van der Waals surface area contributed by atoms with Crippen molar-refractivity contribution < 1.29 is 9.47 Å². The van der Waals surface area contributed by atoms with Crippen molar-refractivity contribution in [3.8, 4) is 0 Å². The first-order valence-electron chi connectivity index (χ1n) is 6.63. The van der Waals surface area contributed by atoms with Crippen molar-refractivity contribution in [2.45, 2.75) is 32.5 Å². The second kappa shape index (κ2) is 6.32. The summed E-state index contributed by atoms with van der Waals surface area (Å²) in [5.74, 6) is 0.541. The van der Waals surface area contributed by atoms with Crippen molar-refractivity contribution in [3.63, 3.8) is 0 Å². The van der Waals surface area contributed by atoms with Crippen molar-refractivity contribution in [2.75, 3.05) is 20.3 Å². The number of hydrogen-bond donors (Lipinski definition) is 1. The van der Waals surface area contributed by atoms with E-state index in [9.17, 15) is 0 Å². The zero-order valence-corrected chi connectivity index (χ0v) is 11.5.